The number of halogens is 1. The van der Waals surface area contributed by atoms with Crippen LogP contribution in [0.2, 0.25) is 0 Å². The number of hydrogen-bond acceptors (Lipinski definition) is 0. The van der Waals surface area contributed by atoms with Crippen LogP contribution in [0.3, 0.4) is 0 Å². The van der Waals surface area contributed by atoms with Crippen LogP contribution in [0.15, 0.2) is 64.3 Å². The molecule has 0 saturated carbocycles. The number of rotatable bonds is 8. The second kappa shape index (κ2) is 10.5. The maximum atomic E-state index is 2.38. The van der Waals surface area contributed by atoms with E-state index in [-0.39, 0.29) is 0 Å². The van der Waals surface area contributed by atoms with Gasteiger partial charge in [0.1, 0.15) is 0 Å². The SMILES string of the molecule is CCCCCCC(=C\c1ccc(C)cc1)/C(=C/I)c1ccccc1. The number of unbranched alkanes of at least 4 members (excludes halogenated alkanes) is 3. The van der Waals surface area contributed by atoms with Gasteiger partial charge in [0.25, 0.3) is 0 Å². The zero-order chi connectivity index (χ0) is 17.2. The average molecular weight is 430 g/mol. The van der Waals surface area contributed by atoms with Gasteiger partial charge in [0.15, 0.2) is 0 Å². The quantitative estimate of drug-likeness (QED) is 0.227. The summed E-state index contributed by atoms with van der Waals surface area (Å²) < 4.78 is 2.23. The van der Waals surface area contributed by atoms with Crippen LogP contribution in [0.5, 0.6) is 0 Å². The summed E-state index contributed by atoms with van der Waals surface area (Å²) in [7, 11) is 0. The van der Waals surface area contributed by atoms with Crippen molar-refractivity contribution in [2.24, 2.45) is 0 Å². The van der Waals surface area contributed by atoms with Gasteiger partial charge >= 0.3 is 0 Å². The van der Waals surface area contributed by atoms with E-state index in [9.17, 15) is 0 Å². The third-order valence-electron chi connectivity index (χ3n) is 4.26. The highest BCUT2D eigenvalue weighted by Crippen LogP contribution is 2.30. The fourth-order valence-corrected chi connectivity index (χ4v) is 3.59. The number of hydrogen-bond donors (Lipinski definition) is 0. The van der Waals surface area contributed by atoms with Crippen LogP contribution in [-0.2, 0) is 0 Å². The maximum Gasteiger partial charge on any atom is -0.00910 e. The van der Waals surface area contributed by atoms with Crippen LogP contribution < -0.4 is 0 Å². The van der Waals surface area contributed by atoms with Crippen LogP contribution in [0.25, 0.3) is 11.6 Å². The van der Waals surface area contributed by atoms with Crippen LogP contribution in [0.4, 0.5) is 0 Å². The van der Waals surface area contributed by atoms with Gasteiger partial charge in [-0.15, -0.1) is 0 Å². The molecule has 0 aliphatic carbocycles. The van der Waals surface area contributed by atoms with Crippen molar-refractivity contribution in [3.63, 3.8) is 0 Å². The Labute approximate surface area is 160 Å². The van der Waals surface area contributed by atoms with Gasteiger partial charge in [-0.2, -0.15) is 0 Å². The predicted molar refractivity (Wildman–Crippen MR) is 116 cm³/mol. The van der Waals surface area contributed by atoms with Crippen molar-refractivity contribution in [1.82, 2.24) is 0 Å². The summed E-state index contributed by atoms with van der Waals surface area (Å²) in [6, 6.07) is 19.6. The van der Waals surface area contributed by atoms with Gasteiger partial charge in [0, 0.05) is 0 Å². The molecule has 2 aromatic carbocycles. The minimum Gasteiger partial charge on any atom is -0.0654 e. The van der Waals surface area contributed by atoms with Crippen LogP contribution in [-0.4, -0.2) is 0 Å². The molecule has 0 unspecified atom stereocenters. The minimum atomic E-state index is 1.14. The molecule has 0 fully saturated rings. The Morgan fingerprint density at radius 2 is 1.62 bits per heavy atom. The van der Waals surface area contributed by atoms with Gasteiger partial charge in [0.2, 0.25) is 0 Å². The molecule has 0 heterocycles. The molecule has 0 nitrogen and oxygen atoms in total. The first-order chi connectivity index (χ1) is 11.7. The molecule has 2 rings (SSSR count). The second-order valence-electron chi connectivity index (χ2n) is 6.28. The summed E-state index contributed by atoms with van der Waals surface area (Å²) in [5.74, 6) is 0. The van der Waals surface area contributed by atoms with E-state index >= 15 is 0 Å². The van der Waals surface area contributed by atoms with Crippen molar-refractivity contribution in [2.75, 3.05) is 0 Å². The molecule has 2 aromatic rings. The monoisotopic (exact) mass is 430 g/mol. The molecule has 0 radical (unpaired) electrons. The highest BCUT2D eigenvalue weighted by Gasteiger charge is 2.08. The highest BCUT2D eigenvalue weighted by molar-refractivity contribution is 14.1. The molecule has 24 heavy (non-hydrogen) atoms. The molecule has 0 spiro atoms. The smallest absolute Gasteiger partial charge is 0.00910 e. The van der Waals surface area contributed by atoms with E-state index in [1.54, 1.807) is 0 Å². The largest absolute Gasteiger partial charge is 0.0654 e. The molecule has 0 aliphatic heterocycles. The second-order valence-corrected chi connectivity index (χ2v) is 6.90. The van der Waals surface area contributed by atoms with Gasteiger partial charge in [-0.25, -0.2) is 0 Å². The normalized spacial score (nSPS) is 12.5. The van der Waals surface area contributed by atoms with Crippen LogP contribution in [0, 0.1) is 6.92 Å². The predicted octanol–water partition coefficient (Wildman–Crippen LogP) is 7.82. The van der Waals surface area contributed by atoms with E-state index in [4.69, 9.17) is 0 Å². The van der Waals surface area contributed by atoms with E-state index in [0.717, 1.165) is 6.42 Å². The number of benzene rings is 2. The first-order valence-electron chi connectivity index (χ1n) is 8.88. The van der Waals surface area contributed by atoms with Gasteiger partial charge in [-0.05, 0) is 46.1 Å². The van der Waals surface area contributed by atoms with Gasteiger partial charge < -0.3 is 0 Å². The van der Waals surface area contributed by atoms with Crippen molar-refractivity contribution in [2.45, 2.75) is 46.0 Å². The van der Waals surface area contributed by atoms with Crippen molar-refractivity contribution >= 4 is 34.2 Å². The van der Waals surface area contributed by atoms with E-state index in [1.807, 2.05) is 0 Å². The molecule has 0 N–H and O–H groups in total. The Kier molecular flexibility index (Phi) is 8.31. The maximum absolute atomic E-state index is 2.38. The Balaban J connectivity index is 2.29. The lowest BCUT2D eigenvalue weighted by molar-refractivity contribution is 0.670. The Bertz CT molecular complexity index is 663. The Hall–Kier alpha value is -1.35. The van der Waals surface area contributed by atoms with Crippen molar-refractivity contribution in [3.8, 4) is 0 Å². The lowest BCUT2D eigenvalue weighted by Crippen LogP contribution is -1.92. The van der Waals surface area contributed by atoms with E-state index < -0.39 is 0 Å². The summed E-state index contributed by atoms with van der Waals surface area (Å²) in [5, 5.41) is 0. The van der Waals surface area contributed by atoms with Crippen molar-refractivity contribution in [1.29, 1.82) is 0 Å². The molecule has 0 saturated heterocycles. The molecule has 0 amide bonds. The lowest BCUT2D eigenvalue weighted by Gasteiger charge is -2.13. The molecular formula is C23H27I. The molecule has 0 aromatic heterocycles. The molecule has 126 valence electrons. The summed E-state index contributed by atoms with van der Waals surface area (Å²) in [4.78, 5) is 0. The van der Waals surface area contributed by atoms with Gasteiger partial charge in [-0.1, -0.05) is 115 Å². The molecule has 1 heteroatoms. The standard InChI is InChI=1S/C23H27I/c1-3-4-5-7-12-22(17-20-15-13-19(2)14-16-20)23(18-24)21-10-8-6-9-11-21/h6,8-11,13-18H,3-5,7,12H2,1-2H3/b22-17+,23-18+. The van der Waals surface area contributed by atoms with E-state index in [1.165, 1.54) is 53.5 Å². The van der Waals surface area contributed by atoms with Gasteiger partial charge in [0.05, 0.1) is 0 Å². The fourth-order valence-electron chi connectivity index (χ4n) is 2.83. The average Bonchev–Trinajstić information content (AvgIpc) is 2.62. The fraction of sp³-hybridized carbons (Fsp3) is 0.304. The Morgan fingerprint density at radius 1 is 0.917 bits per heavy atom. The summed E-state index contributed by atoms with van der Waals surface area (Å²) in [5.41, 5.74) is 6.70. The molecular weight excluding hydrogens is 403 g/mol. The summed E-state index contributed by atoms with van der Waals surface area (Å²) in [6.07, 6.45) is 8.68. The molecule has 0 aliphatic rings. The third-order valence-corrected chi connectivity index (χ3v) is 4.88. The third kappa shape index (κ3) is 5.94. The minimum absolute atomic E-state index is 1.14. The highest BCUT2D eigenvalue weighted by atomic mass is 127. The lowest BCUT2D eigenvalue weighted by atomic mass is 9.93. The zero-order valence-corrected chi connectivity index (χ0v) is 16.9. The summed E-state index contributed by atoms with van der Waals surface area (Å²) in [6.45, 7) is 4.41. The zero-order valence-electron chi connectivity index (χ0n) is 14.8. The number of allylic oxidation sites excluding steroid dienone is 2. The van der Waals surface area contributed by atoms with Crippen LogP contribution in [0.1, 0.15) is 55.7 Å². The van der Waals surface area contributed by atoms with Crippen molar-refractivity contribution in [3.05, 3.63) is 80.9 Å². The Morgan fingerprint density at radius 3 is 2.25 bits per heavy atom. The first kappa shape index (κ1) is 19.0. The van der Waals surface area contributed by atoms with E-state index in [2.05, 4.69) is 101 Å². The summed E-state index contributed by atoms with van der Waals surface area (Å²) >= 11 is 2.38. The topological polar surface area (TPSA) is 0 Å². The first-order valence-corrected chi connectivity index (χ1v) is 10.1. The molecule has 0 atom stereocenters. The van der Waals surface area contributed by atoms with Crippen LogP contribution >= 0.6 is 22.6 Å². The van der Waals surface area contributed by atoms with E-state index in [0.29, 0.717) is 0 Å². The number of aryl methyl sites for hydroxylation is 1. The van der Waals surface area contributed by atoms with Gasteiger partial charge in [-0.3, -0.25) is 0 Å². The van der Waals surface area contributed by atoms with Crippen molar-refractivity contribution < 1.29 is 0 Å². The molecule has 0 bridgehead atoms.